The van der Waals surface area contributed by atoms with E-state index in [0.717, 1.165) is 29.3 Å². The largest absolute Gasteiger partial charge is 0.476 e. The fourth-order valence-corrected chi connectivity index (χ4v) is 4.98. The highest BCUT2D eigenvalue weighted by Gasteiger charge is 2.26. The highest BCUT2D eigenvalue weighted by molar-refractivity contribution is 7.91. The van der Waals surface area contributed by atoms with Crippen LogP contribution in [0.5, 0.6) is 5.88 Å². The second-order valence-electron chi connectivity index (χ2n) is 6.33. The molecule has 0 radical (unpaired) electrons. The molecule has 4 rings (SSSR count). The fourth-order valence-electron chi connectivity index (χ4n) is 3.05. The Hall–Kier alpha value is -2.26. The Morgan fingerprint density at radius 3 is 3.00 bits per heavy atom. The molecule has 7 nitrogen and oxygen atoms in total. The molecule has 9 heteroatoms. The summed E-state index contributed by atoms with van der Waals surface area (Å²) in [6.45, 7) is 2.28. The Labute approximate surface area is 155 Å². The molecular weight excluding hydrogens is 372 g/mol. The van der Waals surface area contributed by atoms with Crippen molar-refractivity contribution in [3.05, 3.63) is 36.8 Å². The highest BCUT2D eigenvalue weighted by atomic mass is 32.2. The van der Waals surface area contributed by atoms with Crippen LogP contribution >= 0.6 is 11.3 Å². The van der Waals surface area contributed by atoms with Crippen LogP contribution in [-0.4, -0.2) is 49.3 Å². The minimum Gasteiger partial charge on any atom is -0.476 e. The fraction of sp³-hybridized carbons (Fsp3) is 0.353. The van der Waals surface area contributed by atoms with Gasteiger partial charge in [-0.1, -0.05) is 17.4 Å². The van der Waals surface area contributed by atoms with Crippen molar-refractivity contribution in [2.24, 2.45) is 5.92 Å². The van der Waals surface area contributed by atoms with E-state index in [1.807, 2.05) is 6.07 Å². The lowest BCUT2D eigenvalue weighted by molar-refractivity contribution is 0.251. The van der Waals surface area contributed by atoms with Gasteiger partial charge in [0, 0.05) is 37.7 Å². The lowest BCUT2D eigenvalue weighted by Crippen LogP contribution is -2.21. The monoisotopic (exact) mass is 390 g/mol. The van der Waals surface area contributed by atoms with E-state index in [-0.39, 0.29) is 0 Å². The Morgan fingerprint density at radius 2 is 2.23 bits per heavy atom. The zero-order valence-corrected chi connectivity index (χ0v) is 15.8. The molecular formula is C17H18N4O3S2. The number of thiazole rings is 1. The molecule has 1 unspecified atom stereocenters. The van der Waals surface area contributed by atoms with Crippen LogP contribution in [0.15, 0.2) is 41.7 Å². The molecule has 0 bridgehead atoms. The summed E-state index contributed by atoms with van der Waals surface area (Å²) in [4.78, 5) is 15.2. The van der Waals surface area contributed by atoms with Crippen LogP contribution < -0.4 is 9.64 Å². The zero-order valence-electron chi connectivity index (χ0n) is 14.2. The van der Waals surface area contributed by atoms with Crippen molar-refractivity contribution in [3.63, 3.8) is 0 Å². The highest BCUT2D eigenvalue weighted by Crippen LogP contribution is 2.34. The summed E-state index contributed by atoms with van der Waals surface area (Å²) in [6, 6.07) is 5.29. The molecule has 3 aromatic rings. The maximum absolute atomic E-state index is 12.0. The van der Waals surface area contributed by atoms with E-state index in [1.165, 1.54) is 17.6 Å². The van der Waals surface area contributed by atoms with Crippen LogP contribution in [-0.2, 0) is 9.84 Å². The molecule has 3 heterocycles. The lowest BCUT2D eigenvalue weighted by Gasteiger charge is -2.15. The zero-order chi connectivity index (χ0) is 18.1. The standard InChI is InChI=1S/C17H18N4O3S2/c1-26(22,23)14-4-2-3-13-16(14)20-17(25-13)21-8-5-12(10-21)11-24-15-9-18-6-7-19-15/h2-4,6-7,9,12H,5,8,10-11H2,1H3. The van der Waals surface area contributed by atoms with Gasteiger partial charge in [-0.25, -0.2) is 18.4 Å². The average Bonchev–Trinajstić information content (AvgIpc) is 3.26. The first-order chi connectivity index (χ1) is 12.5. The maximum Gasteiger partial charge on any atom is 0.232 e. The van der Waals surface area contributed by atoms with Crippen molar-refractivity contribution in [3.8, 4) is 5.88 Å². The second kappa shape index (κ2) is 6.81. The summed E-state index contributed by atoms with van der Waals surface area (Å²) in [5, 5.41) is 0.859. The van der Waals surface area contributed by atoms with Gasteiger partial charge in [-0.15, -0.1) is 0 Å². The van der Waals surface area contributed by atoms with Gasteiger partial charge in [0.05, 0.1) is 22.4 Å². The van der Waals surface area contributed by atoms with Crippen molar-refractivity contribution >= 4 is 36.5 Å². The number of anilines is 1. The minimum absolute atomic E-state index is 0.291. The summed E-state index contributed by atoms with van der Waals surface area (Å²) in [6.07, 6.45) is 7.04. The predicted molar refractivity (Wildman–Crippen MR) is 101 cm³/mol. The van der Waals surface area contributed by atoms with Crippen LogP contribution in [0.25, 0.3) is 10.2 Å². The van der Waals surface area contributed by atoms with E-state index in [4.69, 9.17) is 4.74 Å². The molecule has 1 aliphatic rings. The van der Waals surface area contributed by atoms with Gasteiger partial charge in [0.25, 0.3) is 0 Å². The number of hydrogen-bond donors (Lipinski definition) is 0. The number of benzene rings is 1. The molecule has 2 aromatic heterocycles. The molecule has 0 spiro atoms. The number of nitrogens with zero attached hydrogens (tertiary/aromatic N) is 4. The number of aromatic nitrogens is 3. The van der Waals surface area contributed by atoms with Gasteiger partial charge < -0.3 is 9.64 Å². The molecule has 1 fully saturated rings. The first kappa shape index (κ1) is 17.2. The topological polar surface area (TPSA) is 85.3 Å². The van der Waals surface area contributed by atoms with Gasteiger partial charge in [-0.3, -0.25) is 4.98 Å². The number of ether oxygens (including phenoxy) is 1. The predicted octanol–water partition coefficient (Wildman–Crippen LogP) is 2.40. The van der Waals surface area contributed by atoms with Gasteiger partial charge in [-0.05, 0) is 18.6 Å². The summed E-state index contributed by atoms with van der Waals surface area (Å²) in [5.74, 6) is 0.905. The van der Waals surface area contributed by atoms with Crippen LogP contribution in [0, 0.1) is 5.92 Å². The molecule has 1 atom stereocenters. The Kier molecular flexibility index (Phi) is 4.49. The molecule has 0 saturated carbocycles. The molecule has 1 aliphatic heterocycles. The third kappa shape index (κ3) is 3.49. The smallest absolute Gasteiger partial charge is 0.232 e. The quantitative estimate of drug-likeness (QED) is 0.661. The number of fused-ring (bicyclic) bond motifs is 1. The minimum atomic E-state index is -3.30. The summed E-state index contributed by atoms with van der Waals surface area (Å²) in [5.41, 5.74) is 0.564. The average molecular weight is 390 g/mol. The van der Waals surface area contributed by atoms with Crippen molar-refractivity contribution in [2.45, 2.75) is 11.3 Å². The Bertz CT molecular complexity index is 1020. The second-order valence-corrected chi connectivity index (χ2v) is 9.32. The van der Waals surface area contributed by atoms with E-state index >= 15 is 0 Å². The number of rotatable bonds is 5. The van der Waals surface area contributed by atoms with Gasteiger partial charge in [0.2, 0.25) is 5.88 Å². The maximum atomic E-state index is 12.0. The van der Waals surface area contributed by atoms with Crippen molar-refractivity contribution in [2.75, 3.05) is 30.9 Å². The molecule has 1 aromatic carbocycles. The molecule has 0 aliphatic carbocycles. The first-order valence-electron chi connectivity index (χ1n) is 8.24. The molecule has 1 saturated heterocycles. The summed E-state index contributed by atoms with van der Waals surface area (Å²) < 4.78 is 30.5. The number of para-hydroxylation sites is 1. The van der Waals surface area contributed by atoms with Gasteiger partial charge in [-0.2, -0.15) is 0 Å². The first-order valence-corrected chi connectivity index (χ1v) is 10.9. The van der Waals surface area contributed by atoms with E-state index in [1.54, 1.807) is 30.7 Å². The van der Waals surface area contributed by atoms with E-state index in [9.17, 15) is 8.42 Å². The van der Waals surface area contributed by atoms with Gasteiger partial charge in [0.15, 0.2) is 15.0 Å². The van der Waals surface area contributed by atoms with E-state index in [0.29, 0.717) is 28.8 Å². The van der Waals surface area contributed by atoms with Crippen molar-refractivity contribution < 1.29 is 13.2 Å². The molecule has 0 N–H and O–H groups in total. The number of sulfone groups is 1. The van der Waals surface area contributed by atoms with Crippen LogP contribution in [0.3, 0.4) is 0 Å². The third-order valence-electron chi connectivity index (χ3n) is 4.33. The molecule has 136 valence electrons. The normalized spacial score (nSPS) is 17.7. The lowest BCUT2D eigenvalue weighted by atomic mass is 10.1. The van der Waals surface area contributed by atoms with Crippen molar-refractivity contribution in [1.29, 1.82) is 0 Å². The SMILES string of the molecule is CS(=O)(=O)c1cccc2sc(N3CCC(COc4cnccn4)C3)nc12. The summed E-state index contributed by atoms with van der Waals surface area (Å²) >= 11 is 1.53. The van der Waals surface area contributed by atoms with E-state index < -0.39 is 9.84 Å². The molecule has 0 amide bonds. The number of hydrogen-bond acceptors (Lipinski definition) is 8. The van der Waals surface area contributed by atoms with Crippen LogP contribution in [0.2, 0.25) is 0 Å². The van der Waals surface area contributed by atoms with E-state index in [2.05, 4.69) is 19.9 Å². The Morgan fingerprint density at radius 1 is 1.35 bits per heavy atom. The Balaban J connectivity index is 1.49. The van der Waals surface area contributed by atoms with Crippen LogP contribution in [0.1, 0.15) is 6.42 Å². The van der Waals surface area contributed by atoms with Crippen LogP contribution in [0.4, 0.5) is 5.13 Å². The van der Waals surface area contributed by atoms with Crippen molar-refractivity contribution in [1.82, 2.24) is 15.0 Å². The summed E-state index contributed by atoms with van der Waals surface area (Å²) in [7, 11) is -3.30. The third-order valence-corrected chi connectivity index (χ3v) is 6.54. The molecule has 26 heavy (non-hydrogen) atoms. The van der Waals surface area contributed by atoms with Gasteiger partial charge in [0.1, 0.15) is 5.52 Å². The van der Waals surface area contributed by atoms with Gasteiger partial charge >= 0.3 is 0 Å².